The summed E-state index contributed by atoms with van der Waals surface area (Å²) in [4.78, 5) is 12.8. The molecule has 5 nitrogen and oxygen atoms in total. The Balaban J connectivity index is 2.08. The van der Waals surface area contributed by atoms with Crippen molar-refractivity contribution >= 4 is 11.9 Å². The molecule has 0 spiro atoms. The maximum Gasteiger partial charge on any atom is 0.193 e. The summed E-state index contributed by atoms with van der Waals surface area (Å²) >= 11 is 0. The first kappa shape index (κ1) is 21.7. The van der Waals surface area contributed by atoms with Gasteiger partial charge in [0.05, 0.1) is 5.60 Å². The molecule has 0 bridgehead atoms. The summed E-state index contributed by atoms with van der Waals surface area (Å²) in [5.74, 6) is -2.60. The third-order valence-electron chi connectivity index (χ3n) is 5.76. The molecular formula is C25H28O5. The van der Waals surface area contributed by atoms with Gasteiger partial charge in [0.15, 0.2) is 5.78 Å². The van der Waals surface area contributed by atoms with Crippen molar-refractivity contribution in [3.05, 3.63) is 70.8 Å². The lowest BCUT2D eigenvalue weighted by Crippen LogP contribution is -2.36. The first-order valence-corrected chi connectivity index (χ1v) is 10.0. The van der Waals surface area contributed by atoms with Crippen LogP contribution in [0.15, 0.2) is 54.1 Å². The molecule has 0 amide bonds. The van der Waals surface area contributed by atoms with Gasteiger partial charge in [-0.25, -0.2) is 0 Å². The third kappa shape index (κ3) is 4.41. The second-order valence-electron chi connectivity index (χ2n) is 8.50. The third-order valence-corrected chi connectivity index (χ3v) is 5.76. The van der Waals surface area contributed by atoms with E-state index in [2.05, 4.69) is 0 Å². The zero-order valence-corrected chi connectivity index (χ0v) is 17.5. The lowest BCUT2D eigenvalue weighted by atomic mass is 9.69. The summed E-state index contributed by atoms with van der Waals surface area (Å²) in [5, 5.41) is 42.5. The summed E-state index contributed by atoms with van der Waals surface area (Å²) in [6.07, 6.45) is 6.26. The van der Waals surface area contributed by atoms with Crippen LogP contribution in [0.5, 0.6) is 17.2 Å². The topological polar surface area (TPSA) is 98.0 Å². The maximum absolute atomic E-state index is 12.8. The van der Waals surface area contributed by atoms with Crippen molar-refractivity contribution in [2.45, 2.75) is 45.1 Å². The number of aromatic hydroxyl groups is 3. The number of hydrogen-bond acceptors (Lipinski definition) is 5. The number of carbonyl (C=O) groups excluding carboxylic acids is 1. The van der Waals surface area contributed by atoms with Crippen LogP contribution < -0.4 is 0 Å². The van der Waals surface area contributed by atoms with Gasteiger partial charge in [-0.3, -0.25) is 4.79 Å². The highest BCUT2D eigenvalue weighted by Gasteiger charge is 2.39. The van der Waals surface area contributed by atoms with E-state index in [9.17, 15) is 25.2 Å². The smallest absolute Gasteiger partial charge is 0.193 e. The van der Waals surface area contributed by atoms with E-state index < -0.39 is 28.8 Å². The van der Waals surface area contributed by atoms with Crippen LogP contribution in [-0.2, 0) is 0 Å². The Morgan fingerprint density at radius 2 is 1.77 bits per heavy atom. The molecule has 0 saturated heterocycles. The highest BCUT2D eigenvalue weighted by atomic mass is 16.3. The summed E-state index contributed by atoms with van der Waals surface area (Å²) < 4.78 is 0. The van der Waals surface area contributed by atoms with Gasteiger partial charge in [0.2, 0.25) is 0 Å². The Labute approximate surface area is 176 Å². The van der Waals surface area contributed by atoms with Crippen LogP contribution in [0.3, 0.4) is 0 Å². The van der Waals surface area contributed by atoms with Gasteiger partial charge in [-0.2, -0.15) is 0 Å². The van der Waals surface area contributed by atoms with Crippen molar-refractivity contribution < 1.29 is 25.2 Å². The minimum atomic E-state index is -1.06. The fraction of sp³-hybridized carbons (Fsp3) is 0.320. The molecule has 0 aromatic heterocycles. The Kier molecular flexibility index (Phi) is 6.04. The SMILES string of the molecule is CC1=CC(c2c(O)cc(O)c(C(=O)C=Cc3ccccc3)c2O)C(C(C)(C)O)CC1. The fourth-order valence-electron chi connectivity index (χ4n) is 4.19. The summed E-state index contributed by atoms with van der Waals surface area (Å²) in [7, 11) is 0. The lowest BCUT2D eigenvalue weighted by Gasteiger charge is -2.38. The average Bonchev–Trinajstić information content (AvgIpc) is 2.66. The number of benzene rings is 2. The first-order chi connectivity index (χ1) is 14.1. The van der Waals surface area contributed by atoms with Gasteiger partial charge in [-0.15, -0.1) is 0 Å². The molecule has 158 valence electrons. The van der Waals surface area contributed by atoms with E-state index in [1.807, 2.05) is 43.3 Å². The van der Waals surface area contributed by atoms with Gasteiger partial charge in [0, 0.05) is 17.5 Å². The van der Waals surface area contributed by atoms with Crippen molar-refractivity contribution in [1.82, 2.24) is 0 Å². The molecule has 2 aromatic rings. The molecule has 0 saturated carbocycles. The molecule has 0 heterocycles. The molecular weight excluding hydrogens is 380 g/mol. The van der Waals surface area contributed by atoms with E-state index in [1.54, 1.807) is 19.9 Å². The summed E-state index contributed by atoms with van der Waals surface area (Å²) in [6.45, 7) is 5.35. The van der Waals surface area contributed by atoms with E-state index in [-0.39, 0.29) is 22.8 Å². The van der Waals surface area contributed by atoms with Crippen molar-refractivity contribution in [3.63, 3.8) is 0 Å². The minimum absolute atomic E-state index is 0.149. The predicted molar refractivity (Wildman–Crippen MR) is 117 cm³/mol. The molecule has 5 heteroatoms. The highest BCUT2D eigenvalue weighted by molar-refractivity contribution is 6.11. The Hall–Kier alpha value is -3.05. The second kappa shape index (κ2) is 8.36. The van der Waals surface area contributed by atoms with E-state index in [4.69, 9.17) is 0 Å². The monoisotopic (exact) mass is 408 g/mol. The number of phenols is 3. The standard InChI is InChI=1S/C25H28O5/c1-15-9-11-18(25(2,3)30)17(13-15)22-20(27)14-21(28)23(24(22)29)19(26)12-10-16-7-5-4-6-8-16/h4-8,10,12-14,17-18,27-30H,9,11H2,1-3H3. The van der Waals surface area contributed by atoms with Gasteiger partial charge in [0.25, 0.3) is 0 Å². The van der Waals surface area contributed by atoms with E-state index in [0.717, 1.165) is 23.6 Å². The van der Waals surface area contributed by atoms with Crippen LogP contribution in [-0.4, -0.2) is 31.8 Å². The average molecular weight is 408 g/mol. The molecule has 0 aliphatic heterocycles. The molecule has 30 heavy (non-hydrogen) atoms. The molecule has 0 fully saturated rings. The van der Waals surface area contributed by atoms with Gasteiger partial charge in [-0.05, 0) is 51.2 Å². The van der Waals surface area contributed by atoms with Crippen LogP contribution >= 0.6 is 0 Å². The number of hydrogen-bond donors (Lipinski definition) is 4. The van der Waals surface area contributed by atoms with Crippen LogP contribution in [0.1, 0.15) is 61.0 Å². The van der Waals surface area contributed by atoms with Crippen LogP contribution in [0.25, 0.3) is 6.08 Å². The highest BCUT2D eigenvalue weighted by Crippen LogP contribution is 2.50. The number of ketones is 1. The molecule has 3 rings (SSSR count). The van der Waals surface area contributed by atoms with Crippen LogP contribution in [0, 0.1) is 5.92 Å². The number of phenolic OH excluding ortho intramolecular Hbond substituents is 3. The zero-order valence-electron chi connectivity index (χ0n) is 17.5. The Morgan fingerprint density at radius 3 is 2.40 bits per heavy atom. The number of rotatable bonds is 5. The molecule has 1 aliphatic carbocycles. The van der Waals surface area contributed by atoms with Crippen LogP contribution in [0.2, 0.25) is 0 Å². The van der Waals surface area contributed by atoms with Gasteiger partial charge < -0.3 is 20.4 Å². The van der Waals surface area contributed by atoms with Gasteiger partial charge >= 0.3 is 0 Å². The van der Waals surface area contributed by atoms with Crippen molar-refractivity contribution in [3.8, 4) is 17.2 Å². The van der Waals surface area contributed by atoms with E-state index >= 15 is 0 Å². The quantitative estimate of drug-likeness (QED) is 0.320. The number of allylic oxidation sites excluding steroid dienone is 3. The maximum atomic E-state index is 12.8. The molecule has 2 aromatic carbocycles. The number of aliphatic hydroxyl groups is 1. The Morgan fingerprint density at radius 1 is 1.10 bits per heavy atom. The Bertz CT molecular complexity index is 996. The van der Waals surface area contributed by atoms with E-state index in [0.29, 0.717) is 6.42 Å². The molecule has 2 atom stereocenters. The van der Waals surface area contributed by atoms with Crippen molar-refractivity contribution in [2.75, 3.05) is 0 Å². The summed E-state index contributed by atoms with van der Waals surface area (Å²) in [6, 6.07) is 10.3. The van der Waals surface area contributed by atoms with Crippen LogP contribution in [0.4, 0.5) is 0 Å². The molecule has 4 N–H and O–H groups in total. The van der Waals surface area contributed by atoms with Crippen molar-refractivity contribution in [2.24, 2.45) is 5.92 Å². The fourth-order valence-corrected chi connectivity index (χ4v) is 4.19. The van der Waals surface area contributed by atoms with Crippen molar-refractivity contribution in [1.29, 1.82) is 0 Å². The van der Waals surface area contributed by atoms with Gasteiger partial charge in [-0.1, -0.05) is 48.1 Å². The lowest BCUT2D eigenvalue weighted by molar-refractivity contribution is 0.00420. The molecule has 1 aliphatic rings. The van der Waals surface area contributed by atoms with E-state index in [1.165, 1.54) is 6.08 Å². The normalized spacial score (nSPS) is 19.7. The minimum Gasteiger partial charge on any atom is -0.507 e. The molecule has 2 unspecified atom stereocenters. The first-order valence-electron chi connectivity index (χ1n) is 10.0. The predicted octanol–water partition coefficient (Wildman–Crippen LogP) is 4.91. The molecule has 0 radical (unpaired) electrons. The second-order valence-corrected chi connectivity index (χ2v) is 8.50. The zero-order chi connectivity index (χ0) is 22.1. The number of carbonyl (C=O) groups is 1. The summed E-state index contributed by atoms with van der Waals surface area (Å²) in [5.41, 5.74) is 0.702. The van der Waals surface area contributed by atoms with Gasteiger partial charge in [0.1, 0.15) is 22.8 Å². The largest absolute Gasteiger partial charge is 0.507 e.